The van der Waals surface area contributed by atoms with Gasteiger partial charge in [0.15, 0.2) is 0 Å². The van der Waals surface area contributed by atoms with Gasteiger partial charge in [-0.25, -0.2) is 0 Å². The molecule has 2 aliphatic heterocycles. The van der Waals surface area contributed by atoms with Crippen LogP contribution in [0.1, 0.15) is 28.3 Å². The van der Waals surface area contributed by atoms with E-state index in [0.29, 0.717) is 6.04 Å². The van der Waals surface area contributed by atoms with E-state index < -0.39 is 0 Å². The van der Waals surface area contributed by atoms with Gasteiger partial charge in [-0.05, 0) is 59.4 Å². The van der Waals surface area contributed by atoms with Crippen LogP contribution in [0.25, 0.3) is 0 Å². The van der Waals surface area contributed by atoms with Gasteiger partial charge in [-0.15, -0.1) is 0 Å². The van der Waals surface area contributed by atoms with E-state index in [1.807, 2.05) is 0 Å². The Morgan fingerprint density at radius 1 is 0.909 bits per heavy atom. The topological polar surface area (TPSA) is 21.7 Å². The van der Waals surface area contributed by atoms with Crippen LogP contribution in [0.2, 0.25) is 0 Å². The molecule has 1 unspecified atom stereocenters. The van der Waals surface area contributed by atoms with Crippen molar-refractivity contribution >= 4 is 0 Å². The molecule has 3 heteroatoms. The van der Waals surface area contributed by atoms with Crippen molar-refractivity contribution in [3.63, 3.8) is 0 Å². The number of hydrogen-bond acceptors (Lipinski definition) is 3. The van der Waals surface area contributed by atoms with E-state index in [-0.39, 0.29) is 0 Å². The van der Waals surface area contributed by atoms with E-state index in [2.05, 4.69) is 41.3 Å². The van der Waals surface area contributed by atoms with Crippen molar-refractivity contribution in [2.75, 3.05) is 20.8 Å². The quantitative estimate of drug-likeness (QED) is 0.848. The molecule has 1 atom stereocenters. The molecule has 4 rings (SSSR count). The summed E-state index contributed by atoms with van der Waals surface area (Å²) in [7, 11) is 3.47. The number of methoxy groups -OCH3 is 2. The van der Waals surface area contributed by atoms with Gasteiger partial charge in [0.05, 0.1) is 14.2 Å². The molecule has 0 N–H and O–H groups in total. The number of benzene rings is 2. The molecule has 2 heterocycles. The number of hydrogen-bond donors (Lipinski definition) is 0. The van der Waals surface area contributed by atoms with Crippen molar-refractivity contribution in [2.24, 2.45) is 0 Å². The molecule has 0 spiro atoms. The van der Waals surface area contributed by atoms with Gasteiger partial charge >= 0.3 is 0 Å². The fraction of sp³-hybridized carbons (Fsp3) is 0.368. The van der Waals surface area contributed by atoms with Crippen LogP contribution >= 0.6 is 0 Å². The molecule has 3 nitrogen and oxygen atoms in total. The highest BCUT2D eigenvalue weighted by molar-refractivity contribution is 5.44. The van der Waals surface area contributed by atoms with E-state index >= 15 is 0 Å². The van der Waals surface area contributed by atoms with Crippen LogP contribution in [-0.2, 0) is 19.4 Å². The predicted molar refractivity (Wildman–Crippen MR) is 86.5 cm³/mol. The second-order valence-electron chi connectivity index (χ2n) is 6.14. The van der Waals surface area contributed by atoms with Gasteiger partial charge in [-0.1, -0.05) is 12.1 Å². The third kappa shape index (κ3) is 2.17. The lowest BCUT2D eigenvalue weighted by atomic mass is 9.84. The zero-order valence-electron chi connectivity index (χ0n) is 13.1. The highest BCUT2D eigenvalue weighted by Crippen LogP contribution is 2.39. The maximum atomic E-state index is 5.37. The highest BCUT2D eigenvalue weighted by Gasteiger charge is 2.32. The van der Waals surface area contributed by atoms with Crippen LogP contribution in [0.5, 0.6) is 11.5 Å². The van der Waals surface area contributed by atoms with Gasteiger partial charge < -0.3 is 9.47 Å². The summed E-state index contributed by atoms with van der Waals surface area (Å²) in [5, 5.41) is 0. The van der Waals surface area contributed by atoms with Gasteiger partial charge in [0.2, 0.25) is 0 Å². The normalized spacial score (nSPS) is 19.8. The summed E-state index contributed by atoms with van der Waals surface area (Å²) in [6, 6.07) is 13.5. The number of nitrogens with zero attached hydrogens (tertiary/aromatic N) is 1. The van der Waals surface area contributed by atoms with Crippen LogP contribution in [0.15, 0.2) is 36.4 Å². The molecule has 2 aromatic rings. The third-order valence-corrected chi connectivity index (χ3v) is 5.02. The number of fused-ring (bicyclic) bond motifs is 4. The molecule has 0 fully saturated rings. The first-order chi connectivity index (χ1) is 10.8. The van der Waals surface area contributed by atoms with Crippen LogP contribution in [0, 0.1) is 0 Å². The summed E-state index contributed by atoms with van der Waals surface area (Å²) in [4.78, 5) is 2.59. The second kappa shape index (κ2) is 5.33. The first kappa shape index (κ1) is 13.6. The fourth-order valence-corrected chi connectivity index (χ4v) is 3.80. The first-order valence-corrected chi connectivity index (χ1v) is 7.85. The monoisotopic (exact) mass is 295 g/mol. The number of ether oxygens (including phenoxy) is 2. The Labute approximate surface area is 131 Å². The summed E-state index contributed by atoms with van der Waals surface area (Å²) in [6.45, 7) is 2.13. The molecule has 2 aromatic carbocycles. The van der Waals surface area contributed by atoms with Gasteiger partial charge in [-0.2, -0.15) is 0 Å². The zero-order chi connectivity index (χ0) is 15.1. The van der Waals surface area contributed by atoms with Crippen LogP contribution in [0.3, 0.4) is 0 Å². The Balaban J connectivity index is 1.70. The molecular formula is C19H21NO2. The van der Waals surface area contributed by atoms with E-state index in [1.165, 1.54) is 22.3 Å². The molecule has 0 saturated heterocycles. The molecule has 0 saturated carbocycles. The van der Waals surface area contributed by atoms with Crippen molar-refractivity contribution in [2.45, 2.75) is 25.4 Å². The standard InChI is InChI=1S/C19H21NO2/c1-21-16-4-3-13-11-19-18-6-5-17(22-2)9-14(18)7-8-20(19)12-15(13)10-16/h3-6,9-10,19H,7-8,11-12H2,1-2H3. The minimum atomic E-state index is 0.496. The Hall–Kier alpha value is -2.00. The lowest BCUT2D eigenvalue weighted by Crippen LogP contribution is -2.39. The van der Waals surface area contributed by atoms with E-state index in [9.17, 15) is 0 Å². The van der Waals surface area contributed by atoms with Crippen molar-refractivity contribution in [3.8, 4) is 11.5 Å². The van der Waals surface area contributed by atoms with Gasteiger partial charge in [-0.3, -0.25) is 4.90 Å². The Kier molecular flexibility index (Phi) is 3.30. The second-order valence-corrected chi connectivity index (χ2v) is 6.14. The fourth-order valence-electron chi connectivity index (χ4n) is 3.80. The van der Waals surface area contributed by atoms with E-state index in [0.717, 1.165) is 37.4 Å². The summed E-state index contributed by atoms with van der Waals surface area (Å²) in [5.41, 5.74) is 5.77. The molecule has 0 amide bonds. The predicted octanol–water partition coefficient (Wildman–Crippen LogP) is 3.36. The van der Waals surface area contributed by atoms with Crippen molar-refractivity contribution in [1.29, 1.82) is 0 Å². The lowest BCUT2D eigenvalue weighted by Gasteiger charge is -2.41. The maximum absolute atomic E-state index is 5.37. The first-order valence-electron chi connectivity index (χ1n) is 7.85. The summed E-state index contributed by atoms with van der Waals surface area (Å²) in [5.74, 6) is 1.92. The Bertz CT molecular complexity index is 711. The van der Waals surface area contributed by atoms with Crippen LogP contribution in [-0.4, -0.2) is 25.7 Å². The van der Waals surface area contributed by atoms with Gasteiger partial charge in [0.25, 0.3) is 0 Å². The van der Waals surface area contributed by atoms with Crippen molar-refractivity contribution < 1.29 is 9.47 Å². The summed E-state index contributed by atoms with van der Waals surface area (Å²) < 4.78 is 10.7. The van der Waals surface area contributed by atoms with Crippen molar-refractivity contribution in [3.05, 3.63) is 58.7 Å². The van der Waals surface area contributed by atoms with Crippen LogP contribution in [0.4, 0.5) is 0 Å². The molecule has 0 aromatic heterocycles. The summed E-state index contributed by atoms with van der Waals surface area (Å²) in [6.07, 6.45) is 2.18. The van der Waals surface area contributed by atoms with E-state index in [4.69, 9.17) is 9.47 Å². The molecule has 0 aliphatic carbocycles. The lowest BCUT2D eigenvalue weighted by molar-refractivity contribution is 0.160. The minimum Gasteiger partial charge on any atom is -0.497 e. The average Bonchev–Trinajstić information content (AvgIpc) is 2.58. The Morgan fingerprint density at radius 2 is 1.64 bits per heavy atom. The smallest absolute Gasteiger partial charge is 0.119 e. The number of rotatable bonds is 2. The SMILES string of the molecule is COc1ccc2c(c1)CN1CCc3cc(OC)ccc3C1C2. The van der Waals surface area contributed by atoms with Gasteiger partial charge in [0, 0.05) is 19.1 Å². The molecule has 0 bridgehead atoms. The molecule has 0 radical (unpaired) electrons. The minimum absolute atomic E-state index is 0.496. The zero-order valence-corrected chi connectivity index (χ0v) is 13.1. The molecule has 2 aliphatic rings. The third-order valence-electron chi connectivity index (χ3n) is 5.02. The van der Waals surface area contributed by atoms with E-state index in [1.54, 1.807) is 14.2 Å². The summed E-state index contributed by atoms with van der Waals surface area (Å²) >= 11 is 0. The van der Waals surface area contributed by atoms with Crippen molar-refractivity contribution in [1.82, 2.24) is 4.90 Å². The largest absolute Gasteiger partial charge is 0.497 e. The average molecular weight is 295 g/mol. The molecule has 114 valence electrons. The Morgan fingerprint density at radius 3 is 2.41 bits per heavy atom. The maximum Gasteiger partial charge on any atom is 0.119 e. The van der Waals surface area contributed by atoms with Crippen LogP contribution < -0.4 is 9.47 Å². The molecular weight excluding hydrogens is 274 g/mol. The molecule has 22 heavy (non-hydrogen) atoms. The highest BCUT2D eigenvalue weighted by atomic mass is 16.5. The van der Waals surface area contributed by atoms with Gasteiger partial charge in [0.1, 0.15) is 11.5 Å².